The van der Waals surface area contributed by atoms with E-state index in [-0.39, 0.29) is 13.2 Å². The molecule has 2 heterocycles. The number of hydrogen-bond acceptors (Lipinski definition) is 16. The molecule has 2 aliphatic rings. The molecule has 17 heteroatoms. The van der Waals surface area contributed by atoms with Crippen molar-refractivity contribution in [1.82, 2.24) is 0 Å². The molecule has 0 aliphatic carbocycles. The lowest BCUT2D eigenvalue weighted by Crippen LogP contribution is -2.64. The Morgan fingerprint density at radius 2 is 0.889 bits per heavy atom. The molecule has 2 rings (SSSR count). The SMILES string of the molecule is CC(C)CCCC(C)CCCC(C)CCCC(C)CCOCC(CO[C@@H]1OC(CO)[C@@H](O[C@@H]2OC(COS(=O)(=O)[O-])[C@H](O)C(O)[C@@H]2O)C(O)[C@@H]1O)OCCC(C)CCCC(C)CCCC(C)CCCC(C)C. The van der Waals surface area contributed by atoms with Gasteiger partial charge in [0.2, 0.25) is 10.4 Å². The summed E-state index contributed by atoms with van der Waals surface area (Å²) in [5.41, 5.74) is 0. The summed E-state index contributed by atoms with van der Waals surface area (Å²) in [6, 6.07) is 0. The third-order valence-corrected chi connectivity index (χ3v) is 15.6. The molecule has 16 nitrogen and oxygen atoms in total. The molecule has 17 atom stereocenters. The Morgan fingerprint density at radius 3 is 1.32 bits per heavy atom. The van der Waals surface area contributed by atoms with Gasteiger partial charge < -0.3 is 63.6 Å². The van der Waals surface area contributed by atoms with Gasteiger partial charge in [0.05, 0.1) is 26.4 Å². The Hall–Kier alpha value is -0.610. The molecule has 0 bridgehead atoms. The lowest BCUT2D eigenvalue weighted by Gasteiger charge is -2.46. The molecule has 72 heavy (non-hydrogen) atoms. The first-order chi connectivity index (χ1) is 34.0. The lowest BCUT2D eigenvalue weighted by atomic mass is 9.91. The maximum absolute atomic E-state index is 11.2. The molecule has 0 aromatic rings. The molecular formula is C55H107O16S-. The van der Waals surface area contributed by atoms with Crippen molar-refractivity contribution in [3.63, 3.8) is 0 Å². The van der Waals surface area contributed by atoms with Crippen LogP contribution in [0.1, 0.15) is 198 Å². The van der Waals surface area contributed by atoms with Crippen LogP contribution in [-0.4, -0.2) is 151 Å². The first-order valence-corrected chi connectivity index (χ1v) is 29.7. The van der Waals surface area contributed by atoms with Gasteiger partial charge in [0.1, 0.15) is 54.9 Å². The largest absolute Gasteiger partial charge is 0.726 e. The van der Waals surface area contributed by atoms with E-state index in [0.29, 0.717) is 31.0 Å². The Balaban J connectivity index is 1.92. The summed E-state index contributed by atoms with van der Waals surface area (Å²) in [7, 11) is -5.20. The van der Waals surface area contributed by atoms with Gasteiger partial charge in [-0.15, -0.1) is 0 Å². The fourth-order valence-corrected chi connectivity index (χ4v) is 10.3. The molecule has 6 N–H and O–H groups in total. The normalized spacial score (nSPS) is 28.3. The van der Waals surface area contributed by atoms with E-state index < -0.39 is 91.1 Å². The van der Waals surface area contributed by atoms with E-state index in [2.05, 4.69) is 73.4 Å². The van der Waals surface area contributed by atoms with Crippen LogP contribution in [0.4, 0.5) is 0 Å². The van der Waals surface area contributed by atoms with Gasteiger partial charge in [-0.1, -0.05) is 185 Å². The molecule has 2 saturated heterocycles. The highest BCUT2D eigenvalue weighted by Crippen LogP contribution is 2.31. The van der Waals surface area contributed by atoms with E-state index in [1.165, 1.54) is 103 Å². The molecule has 0 aromatic heterocycles. The zero-order valence-electron chi connectivity index (χ0n) is 46.5. The highest BCUT2D eigenvalue weighted by molar-refractivity contribution is 7.80. The monoisotopic (exact) mass is 1060 g/mol. The van der Waals surface area contributed by atoms with Gasteiger partial charge in [-0.2, -0.15) is 0 Å². The van der Waals surface area contributed by atoms with Crippen LogP contribution in [0.15, 0.2) is 0 Å². The van der Waals surface area contributed by atoms with E-state index in [1.807, 2.05) is 0 Å². The number of rotatable bonds is 42. The quantitative estimate of drug-likeness (QED) is 0.0191. The van der Waals surface area contributed by atoms with Gasteiger partial charge in [-0.3, -0.25) is 4.18 Å². The van der Waals surface area contributed by atoms with Crippen molar-refractivity contribution in [3.8, 4) is 0 Å². The average Bonchev–Trinajstić information content (AvgIpc) is 3.30. The zero-order chi connectivity index (χ0) is 53.8. The summed E-state index contributed by atoms with van der Waals surface area (Å²) in [4.78, 5) is 0. The fraction of sp³-hybridized carbons (Fsp3) is 1.00. The summed E-state index contributed by atoms with van der Waals surface area (Å²) in [6.07, 6.45) is 6.96. The third-order valence-electron chi connectivity index (χ3n) is 15.2. The van der Waals surface area contributed by atoms with Crippen molar-refractivity contribution in [2.45, 2.75) is 265 Å². The summed E-state index contributed by atoms with van der Waals surface area (Å²) in [5, 5.41) is 64.0. The summed E-state index contributed by atoms with van der Waals surface area (Å²) < 4.78 is 72.7. The smallest absolute Gasteiger partial charge is 0.217 e. The van der Waals surface area contributed by atoms with E-state index in [4.69, 9.17) is 28.4 Å². The van der Waals surface area contributed by atoms with Crippen molar-refractivity contribution in [2.75, 3.05) is 39.6 Å². The predicted octanol–water partition coefficient (Wildman–Crippen LogP) is 8.44. The standard InChI is InChI=1S/C55H108O16S/c1-37(2)17-11-19-39(5)21-13-23-41(7)25-15-27-43(9)29-31-65-34-45(66-32-30-44(10)28-16-26-42(8)24-14-22-40(6)20-12-18-38(3)4)35-67-54-52(61)50(59)53(46(33-56)69-54)71-55-51(60)49(58)48(57)47(70-55)36-68-72(62,63)64/h37-61H,11-36H2,1-10H3,(H,62,63,64)/p-1/t39?,40?,41?,42?,43?,44?,45?,46?,47?,48-,49?,50?,51-,52-,53+,54+,55-/m0/s1. The van der Waals surface area contributed by atoms with Crippen LogP contribution in [0.5, 0.6) is 0 Å². The number of ether oxygens (including phenoxy) is 6. The summed E-state index contributed by atoms with van der Waals surface area (Å²) >= 11 is 0. The van der Waals surface area contributed by atoms with E-state index in [0.717, 1.165) is 55.3 Å². The Labute approximate surface area is 437 Å². The van der Waals surface area contributed by atoms with Crippen LogP contribution in [-0.2, 0) is 43.0 Å². The summed E-state index contributed by atoms with van der Waals surface area (Å²) in [5.74, 6) is 5.55. The first-order valence-electron chi connectivity index (χ1n) is 28.4. The van der Waals surface area contributed by atoms with Gasteiger partial charge in [0.25, 0.3) is 0 Å². The molecule has 0 saturated carbocycles. The number of aliphatic hydroxyl groups is 6. The van der Waals surface area contributed by atoms with Crippen molar-refractivity contribution in [3.05, 3.63) is 0 Å². The minimum atomic E-state index is -5.20. The highest BCUT2D eigenvalue weighted by atomic mass is 32.3. The fourth-order valence-electron chi connectivity index (χ4n) is 9.99. The molecule has 0 aromatic carbocycles. The topological polar surface area (TPSA) is 243 Å². The molecule has 0 spiro atoms. The zero-order valence-corrected chi connectivity index (χ0v) is 47.3. The second-order valence-electron chi connectivity index (χ2n) is 23.5. The van der Waals surface area contributed by atoms with Crippen molar-refractivity contribution in [2.24, 2.45) is 47.3 Å². The van der Waals surface area contributed by atoms with Crippen LogP contribution in [0.25, 0.3) is 0 Å². The van der Waals surface area contributed by atoms with Crippen molar-refractivity contribution >= 4 is 10.4 Å². The van der Waals surface area contributed by atoms with Crippen LogP contribution in [0.3, 0.4) is 0 Å². The molecule has 2 aliphatic heterocycles. The van der Waals surface area contributed by atoms with Crippen LogP contribution >= 0.6 is 0 Å². The van der Waals surface area contributed by atoms with Gasteiger partial charge in [0, 0.05) is 13.2 Å². The van der Waals surface area contributed by atoms with E-state index >= 15 is 0 Å². The van der Waals surface area contributed by atoms with Gasteiger partial charge in [-0.25, -0.2) is 8.42 Å². The Bertz CT molecular complexity index is 1440. The molecular weight excluding hydrogens is 949 g/mol. The Morgan fingerprint density at radius 1 is 0.486 bits per heavy atom. The molecule has 430 valence electrons. The minimum absolute atomic E-state index is 0.0661. The first kappa shape index (κ1) is 67.5. The van der Waals surface area contributed by atoms with Crippen molar-refractivity contribution in [1.29, 1.82) is 0 Å². The van der Waals surface area contributed by atoms with E-state index in [1.54, 1.807) is 0 Å². The molecule has 2 fully saturated rings. The molecule has 11 unspecified atom stereocenters. The van der Waals surface area contributed by atoms with E-state index in [9.17, 15) is 43.6 Å². The maximum atomic E-state index is 11.2. The molecule has 0 amide bonds. The second-order valence-corrected chi connectivity index (χ2v) is 24.5. The van der Waals surface area contributed by atoms with Crippen LogP contribution in [0.2, 0.25) is 0 Å². The van der Waals surface area contributed by atoms with Crippen LogP contribution in [0, 0.1) is 47.3 Å². The second kappa shape index (κ2) is 37.2. The van der Waals surface area contributed by atoms with Gasteiger partial charge >= 0.3 is 0 Å². The highest BCUT2D eigenvalue weighted by Gasteiger charge is 2.51. The maximum Gasteiger partial charge on any atom is 0.217 e. The van der Waals surface area contributed by atoms with Crippen LogP contribution < -0.4 is 0 Å². The predicted molar refractivity (Wildman–Crippen MR) is 278 cm³/mol. The lowest BCUT2D eigenvalue weighted by molar-refractivity contribution is -0.360. The minimum Gasteiger partial charge on any atom is -0.726 e. The average molecular weight is 1060 g/mol. The number of hydrogen-bond donors (Lipinski definition) is 6. The number of aliphatic hydroxyl groups excluding tert-OH is 6. The van der Waals surface area contributed by atoms with Gasteiger partial charge in [-0.05, 0) is 60.2 Å². The van der Waals surface area contributed by atoms with Gasteiger partial charge in [0.15, 0.2) is 12.6 Å². The third kappa shape index (κ3) is 29.2. The molecule has 0 radical (unpaired) electrons. The Kier molecular flexibility index (Phi) is 34.9. The summed E-state index contributed by atoms with van der Waals surface area (Å²) in [6.45, 7) is 22.7. The van der Waals surface area contributed by atoms with Crippen molar-refractivity contribution < 1.29 is 76.2 Å².